The number of amides is 2. The summed E-state index contributed by atoms with van der Waals surface area (Å²) in [6, 6.07) is 0. The lowest BCUT2D eigenvalue weighted by Gasteiger charge is -2.10. The molecule has 0 atom stereocenters. The molecule has 1 aliphatic heterocycles. The van der Waals surface area contributed by atoms with Crippen LogP contribution in [0.4, 0.5) is 5.69 Å². The monoisotopic (exact) mass is 205 g/mol. The van der Waals surface area contributed by atoms with Gasteiger partial charge in [-0.05, 0) is 13.8 Å². The van der Waals surface area contributed by atoms with E-state index in [1.807, 2.05) is 6.92 Å². The van der Waals surface area contributed by atoms with Gasteiger partial charge in [-0.25, -0.2) is 4.90 Å². The third-order valence-corrected chi connectivity index (χ3v) is 2.30. The van der Waals surface area contributed by atoms with Crippen LogP contribution in [0.3, 0.4) is 0 Å². The number of aryl methyl sites for hydroxylation is 1. The van der Waals surface area contributed by atoms with Gasteiger partial charge in [-0.2, -0.15) is 5.10 Å². The van der Waals surface area contributed by atoms with Crippen LogP contribution in [0.5, 0.6) is 0 Å². The van der Waals surface area contributed by atoms with Crippen LogP contribution in [0.1, 0.15) is 13.8 Å². The molecule has 0 aromatic carbocycles. The largest absolute Gasteiger partial charge is 0.271 e. The molecule has 0 saturated heterocycles. The van der Waals surface area contributed by atoms with Gasteiger partial charge in [0.05, 0.1) is 11.9 Å². The maximum Gasteiger partial charge on any atom is 0.261 e. The van der Waals surface area contributed by atoms with Crippen LogP contribution in [0, 0.1) is 0 Å². The zero-order valence-electron chi connectivity index (χ0n) is 8.60. The summed E-state index contributed by atoms with van der Waals surface area (Å²) in [5, 5.41) is 4.02. The van der Waals surface area contributed by atoms with Gasteiger partial charge in [0.2, 0.25) is 0 Å². The molecular formula is C10H11N3O2. The minimum absolute atomic E-state index is 0.268. The molecular weight excluding hydrogens is 194 g/mol. The standard InChI is InChI=1S/C10H11N3O2/c1-3-12-6-8(5-11-12)13-9(14)4-7(2)10(13)15/h4-6H,3H2,1-2H3. The molecule has 0 fully saturated rings. The van der Waals surface area contributed by atoms with Crippen molar-refractivity contribution in [1.29, 1.82) is 0 Å². The van der Waals surface area contributed by atoms with E-state index in [9.17, 15) is 9.59 Å². The first-order chi connectivity index (χ1) is 7.13. The molecule has 5 heteroatoms. The molecule has 1 aromatic heterocycles. The molecule has 5 nitrogen and oxygen atoms in total. The van der Waals surface area contributed by atoms with Crippen molar-refractivity contribution in [1.82, 2.24) is 9.78 Å². The Morgan fingerprint density at radius 2 is 2.13 bits per heavy atom. The van der Waals surface area contributed by atoms with Crippen LogP contribution in [0.2, 0.25) is 0 Å². The highest BCUT2D eigenvalue weighted by Gasteiger charge is 2.30. The molecule has 0 bridgehead atoms. The number of nitrogens with zero attached hydrogens (tertiary/aromatic N) is 3. The highest BCUT2D eigenvalue weighted by Crippen LogP contribution is 2.21. The van der Waals surface area contributed by atoms with Crippen LogP contribution in [0.25, 0.3) is 0 Å². The van der Waals surface area contributed by atoms with E-state index in [0.717, 1.165) is 4.90 Å². The molecule has 0 spiro atoms. The van der Waals surface area contributed by atoms with E-state index >= 15 is 0 Å². The summed E-state index contributed by atoms with van der Waals surface area (Å²) in [4.78, 5) is 24.2. The average Bonchev–Trinajstić information content (AvgIpc) is 2.74. The fourth-order valence-electron chi connectivity index (χ4n) is 1.47. The average molecular weight is 205 g/mol. The van der Waals surface area contributed by atoms with Gasteiger partial charge in [0.1, 0.15) is 0 Å². The van der Waals surface area contributed by atoms with Gasteiger partial charge in [0, 0.05) is 24.4 Å². The SMILES string of the molecule is CCn1cc(N2C(=O)C=C(C)C2=O)cn1. The van der Waals surface area contributed by atoms with E-state index in [-0.39, 0.29) is 11.8 Å². The second-order valence-electron chi connectivity index (χ2n) is 3.36. The molecule has 15 heavy (non-hydrogen) atoms. The summed E-state index contributed by atoms with van der Waals surface area (Å²) >= 11 is 0. The summed E-state index contributed by atoms with van der Waals surface area (Å²) in [5.74, 6) is -0.566. The lowest BCUT2D eigenvalue weighted by Crippen LogP contribution is -2.30. The highest BCUT2D eigenvalue weighted by atomic mass is 16.2. The minimum atomic E-state index is -0.298. The third kappa shape index (κ3) is 1.45. The third-order valence-electron chi connectivity index (χ3n) is 2.30. The lowest BCUT2D eigenvalue weighted by molar-refractivity contribution is -0.120. The Morgan fingerprint density at radius 1 is 1.40 bits per heavy atom. The van der Waals surface area contributed by atoms with Gasteiger partial charge in [0.15, 0.2) is 0 Å². The second-order valence-corrected chi connectivity index (χ2v) is 3.36. The number of anilines is 1. The zero-order chi connectivity index (χ0) is 11.0. The molecule has 0 aliphatic carbocycles. The Balaban J connectivity index is 2.33. The Morgan fingerprint density at radius 3 is 2.60 bits per heavy atom. The van der Waals surface area contributed by atoms with Crippen LogP contribution in [-0.2, 0) is 16.1 Å². The fraction of sp³-hybridized carbons (Fsp3) is 0.300. The smallest absolute Gasteiger partial charge is 0.261 e. The van der Waals surface area contributed by atoms with Crippen LogP contribution < -0.4 is 4.90 Å². The Kier molecular flexibility index (Phi) is 2.15. The van der Waals surface area contributed by atoms with Crippen molar-refractivity contribution in [3.8, 4) is 0 Å². The van der Waals surface area contributed by atoms with Crippen molar-refractivity contribution in [3.63, 3.8) is 0 Å². The van der Waals surface area contributed by atoms with Gasteiger partial charge in [-0.1, -0.05) is 0 Å². The summed E-state index contributed by atoms with van der Waals surface area (Å²) in [6.45, 7) is 4.28. The number of rotatable bonds is 2. The minimum Gasteiger partial charge on any atom is -0.271 e. The number of imide groups is 1. The fourth-order valence-corrected chi connectivity index (χ4v) is 1.47. The molecule has 1 aliphatic rings. The van der Waals surface area contributed by atoms with Crippen LogP contribution in [-0.4, -0.2) is 21.6 Å². The Bertz CT molecular complexity index is 459. The van der Waals surface area contributed by atoms with Gasteiger partial charge < -0.3 is 0 Å². The van der Waals surface area contributed by atoms with E-state index in [1.165, 1.54) is 12.3 Å². The van der Waals surface area contributed by atoms with Gasteiger partial charge in [-0.15, -0.1) is 0 Å². The number of carbonyl (C=O) groups excluding carboxylic acids is 2. The van der Waals surface area contributed by atoms with E-state index in [4.69, 9.17) is 0 Å². The van der Waals surface area contributed by atoms with Crippen molar-refractivity contribution in [2.45, 2.75) is 20.4 Å². The first-order valence-electron chi connectivity index (χ1n) is 4.72. The summed E-state index contributed by atoms with van der Waals surface area (Å²) < 4.78 is 1.67. The van der Waals surface area contributed by atoms with Crippen molar-refractivity contribution in [2.24, 2.45) is 0 Å². The summed E-state index contributed by atoms with van der Waals surface area (Å²) in [7, 11) is 0. The number of aromatic nitrogens is 2. The molecule has 2 rings (SSSR count). The van der Waals surface area contributed by atoms with E-state index in [0.29, 0.717) is 17.8 Å². The maximum atomic E-state index is 11.6. The predicted molar refractivity (Wildman–Crippen MR) is 54.2 cm³/mol. The predicted octanol–water partition coefficient (Wildman–Crippen LogP) is 0.722. The molecule has 0 unspecified atom stereocenters. The zero-order valence-corrected chi connectivity index (χ0v) is 8.60. The van der Waals surface area contributed by atoms with Crippen molar-refractivity contribution in [2.75, 3.05) is 4.90 Å². The van der Waals surface area contributed by atoms with E-state index in [2.05, 4.69) is 5.10 Å². The summed E-state index contributed by atoms with van der Waals surface area (Å²) in [6.07, 6.45) is 4.54. The molecule has 2 amide bonds. The molecule has 0 saturated carbocycles. The molecule has 78 valence electrons. The molecule has 0 radical (unpaired) electrons. The first kappa shape index (κ1) is 9.64. The molecule has 0 N–H and O–H groups in total. The van der Waals surface area contributed by atoms with Crippen LogP contribution in [0.15, 0.2) is 24.0 Å². The normalized spacial score (nSPS) is 16.1. The number of carbonyl (C=O) groups is 2. The first-order valence-corrected chi connectivity index (χ1v) is 4.72. The second kappa shape index (κ2) is 3.34. The Labute approximate surface area is 87.0 Å². The van der Waals surface area contributed by atoms with Crippen molar-refractivity contribution < 1.29 is 9.59 Å². The van der Waals surface area contributed by atoms with Crippen LogP contribution >= 0.6 is 0 Å². The van der Waals surface area contributed by atoms with Crippen molar-refractivity contribution in [3.05, 3.63) is 24.0 Å². The van der Waals surface area contributed by atoms with Gasteiger partial charge in [-0.3, -0.25) is 14.3 Å². The summed E-state index contributed by atoms with van der Waals surface area (Å²) in [5.41, 5.74) is 0.990. The lowest BCUT2D eigenvalue weighted by atomic mass is 10.3. The quantitative estimate of drug-likeness (QED) is 0.668. The number of hydrogen-bond donors (Lipinski definition) is 0. The highest BCUT2D eigenvalue weighted by molar-refractivity contribution is 6.30. The van der Waals surface area contributed by atoms with Crippen molar-refractivity contribution >= 4 is 17.5 Å². The van der Waals surface area contributed by atoms with Gasteiger partial charge >= 0.3 is 0 Å². The Hall–Kier alpha value is -1.91. The molecule has 2 heterocycles. The van der Waals surface area contributed by atoms with E-state index in [1.54, 1.807) is 17.8 Å². The van der Waals surface area contributed by atoms with E-state index < -0.39 is 0 Å². The number of hydrogen-bond acceptors (Lipinski definition) is 3. The van der Waals surface area contributed by atoms with Gasteiger partial charge in [0.25, 0.3) is 11.8 Å². The maximum absolute atomic E-state index is 11.6. The molecule has 1 aromatic rings. The topological polar surface area (TPSA) is 55.2 Å².